The number of anilines is 3. The maximum atomic E-state index is 12.1. The molecule has 0 unspecified atom stereocenters. The van der Waals surface area contributed by atoms with Crippen LogP contribution < -0.4 is 15.5 Å². The zero-order valence-electron chi connectivity index (χ0n) is 13.4. The number of urea groups is 1. The van der Waals surface area contributed by atoms with Crippen LogP contribution in [0.4, 0.5) is 20.7 Å². The van der Waals surface area contributed by atoms with E-state index < -0.39 is 0 Å². The molecule has 0 saturated heterocycles. The van der Waals surface area contributed by atoms with Gasteiger partial charge in [0.25, 0.3) is 0 Å². The lowest BCUT2D eigenvalue weighted by Gasteiger charge is -2.14. The van der Waals surface area contributed by atoms with Crippen molar-refractivity contribution in [3.8, 4) is 0 Å². The fourth-order valence-corrected chi connectivity index (χ4v) is 3.27. The average Bonchev–Trinajstić information content (AvgIpc) is 3.04. The Kier molecular flexibility index (Phi) is 5.62. The SMILES string of the molecule is CN(Cc1ccccc1)c1nnc(NC(=O)Nc2cccc(Br)c2)s1. The van der Waals surface area contributed by atoms with E-state index in [2.05, 4.69) is 48.9 Å². The summed E-state index contributed by atoms with van der Waals surface area (Å²) in [5.41, 5.74) is 1.87. The van der Waals surface area contributed by atoms with Crippen LogP contribution in [0.25, 0.3) is 0 Å². The maximum absolute atomic E-state index is 12.1. The van der Waals surface area contributed by atoms with Crippen molar-refractivity contribution in [2.24, 2.45) is 0 Å². The Morgan fingerprint density at radius 1 is 1.12 bits per heavy atom. The Labute approximate surface area is 158 Å². The van der Waals surface area contributed by atoms with Gasteiger partial charge in [0.05, 0.1) is 0 Å². The van der Waals surface area contributed by atoms with Gasteiger partial charge in [-0.2, -0.15) is 0 Å². The van der Waals surface area contributed by atoms with Crippen molar-refractivity contribution in [3.63, 3.8) is 0 Å². The summed E-state index contributed by atoms with van der Waals surface area (Å²) >= 11 is 4.69. The number of carbonyl (C=O) groups is 1. The molecule has 25 heavy (non-hydrogen) atoms. The normalized spacial score (nSPS) is 10.3. The number of hydrogen-bond donors (Lipinski definition) is 2. The molecule has 8 heteroatoms. The number of carbonyl (C=O) groups excluding carboxylic acids is 1. The highest BCUT2D eigenvalue weighted by atomic mass is 79.9. The van der Waals surface area contributed by atoms with Crippen molar-refractivity contribution in [2.75, 3.05) is 22.6 Å². The number of amides is 2. The minimum atomic E-state index is -0.355. The van der Waals surface area contributed by atoms with Crippen molar-refractivity contribution < 1.29 is 4.79 Å². The zero-order chi connectivity index (χ0) is 17.6. The third-order valence-corrected chi connectivity index (χ3v) is 4.75. The first-order valence-corrected chi connectivity index (χ1v) is 9.13. The quantitative estimate of drug-likeness (QED) is 0.637. The minimum Gasteiger partial charge on any atom is -0.345 e. The van der Waals surface area contributed by atoms with Crippen LogP contribution in [0.5, 0.6) is 0 Å². The number of nitrogens with zero attached hydrogens (tertiary/aromatic N) is 3. The summed E-state index contributed by atoms with van der Waals surface area (Å²) in [7, 11) is 1.94. The summed E-state index contributed by atoms with van der Waals surface area (Å²) in [5, 5.41) is 14.8. The van der Waals surface area contributed by atoms with Crippen molar-refractivity contribution in [3.05, 3.63) is 64.6 Å². The molecule has 2 N–H and O–H groups in total. The zero-order valence-corrected chi connectivity index (χ0v) is 15.8. The Morgan fingerprint density at radius 3 is 2.68 bits per heavy atom. The van der Waals surface area contributed by atoms with Gasteiger partial charge in [0.1, 0.15) is 0 Å². The fraction of sp³-hybridized carbons (Fsp3) is 0.118. The van der Waals surface area contributed by atoms with Gasteiger partial charge in [-0.05, 0) is 23.8 Å². The molecule has 6 nitrogen and oxygen atoms in total. The Bertz CT molecular complexity index is 855. The summed E-state index contributed by atoms with van der Waals surface area (Å²) in [6.45, 7) is 0.722. The van der Waals surface area contributed by atoms with E-state index in [4.69, 9.17) is 0 Å². The van der Waals surface area contributed by atoms with E-state index >= 15 is 0 Å². The van der Waals surface area contributed by atoms with Gasteiger partial charge in [-0.15, -0.1) is 10.2 Å². The first-order valence-electron chi connectivity index (χ1n) is 7.52. The van der Waals surface area contributed by atoms with E-state index in [1.807, 2.05) is 54.4 Å². The van der Waals surface area contributed by atoms with E-state index in [1.165, 1.54) is 16.9 Å². The van der Waals surface area contributed by atoms with Gasteiger partial charge in [-0.1, -0.05) is 63.7 Å². The van der Waals surface area contributed by atoms with Gasteiger partial charge in [-0.25, -0.2) is 4.79 Å². The third kappa shape index (κ3) is 5.01. The molecule has 3 aromatic rings. The summed E-state index contributed by atoms with van der Waals surface area (Å²) < 4.78 is 0.894. The van der Waals surface area contributed by atoms with Crippen LogP contribution >= 0.6 is 27.3 Å². The molecule has 0 aliphatic heterocycles. The number of aromatic nitrogens is 2. The van der Waals surface area contributed by atoms with Crippen molar-refractivity contribution in [1.29, 1.82) is 0 Å². The van der Waals surface area contributed by atoms with Gasteiger partial charge < -0.3 is 10.2 Å². The summed E-state index contributed by atoms with van der Waals surface area (Å²) in [6.07, 6.45) is 0. The Hall–Kier alpha value is -2.45. The second-order valence-electron chi connectivity index (χ2n) is 5.32. The predicted octanol–water partition coefficient (Wildman–Crippen LogP) is 4.58. The lowest BCUT2D eigenvalue weighted by Crippen LogP contribution is -2.19. The molecule has 0 bridgehead atoms. The van der Waals surface area contributed by atoms with Gasteiger partial charge in [0.2, 0.25) is 10.3 Å². The molecule has 0 saturated carbocycles. The smallest absolute Gasteiger partial charge is 0.325 e. The molecule has 2 aromatic carbocycles. The highest BCUT2D eigenvalue weighted by Gasteiger charge is 2.11. The molecule has 128 valence electrons. The highest BCUT2D eigenvalue weighted by molar-refractivity contribution is 9.10. The van der Waals surface area contributed by atoms with Crippen LogP contribution in [-0.4, -0.2) is 23.3 Å². The van der Waals surface area contributed by atoms with Crippen LogP contribution in [0.1, 0.15) is 5.56 Å². The monoisotopic (exact) mass is 417 g/mol. The number of benzene rings is 2. The van der Waals surface area contributed by atoms with E-state index in [1.54, 1.807) is 0 Å². The molecular formula is C17H16BrN5OS. The third-order valence-electron chi connectivity index (χ3n) is 3.31. The standard InChI is InChI=1S/C17H16BrN5OS/c1-23(11-12-6-3-2-4-7-12)17-22-21-16(25-17)20-15(24)19-14-9-5-8-13(18)10-14/h2-10H,11H2,1H3,(H2,19,20,21,24). The molecule has 0 atom stereocenters. The highest BCUT2D eigenvalue weighted by Crippen LogP contribution is 2.24. The first kappa shape index (κ1) is 17.4. The molecule has 0 spiro atoms. The summed E-state index contributed by atoms with van der Waals surface area (Å²) in [6, 6.07) is 17.1. The maximum Gasteiger partial charge on any atom is 0.325 e. The van der Waals surface area contributed by atoms with Crippen LogP contribution in [0, 0.1) is 0 Å². The molecule has 1 aromatic heterocycles. The molecular weight excluding hydrogens is 402 g/mol. The first-order chi connectivity index (χ1) is 12.1. The van der Waals surface area contributed by atoms with Gasteiger partial charge in [-0.3, -0.25) is 5.32 Å². The molecule has 3 rings (SSSR count). The molecule has 0 radical (unpaired) electrons. The molecule has 0 aliphatic rings. The molecule has 0 aliphatic carbocycles. The predicted molar refractivity (Wildman–Crippen MR) is 105 cm³/mol. The lowest BCUT2D eigenvalue weighted by molar-refractivity contribution is 0.262. The van der Waals surface area contributed by atoms with Gasteiger partial charge in [0.15, 0.2) is 0 Å². The van der Waals surface area contributed by atoms with E-state index in [-0.39, 0.29) is 6.03 Å². The topological polar surface area (TPSA) is 70.2 Å². The Morgan fingerprint density at radius 2 is 1.92 bits per heavy atom. The Balaban J connectivity index is 1.58. The molecule has 1 heterocycles. The van der Waals surface area contributed by atoms with Crippen LogP contribution in [0.3, 0.4) is 0 Å². The molecule has 0 fully saturated rings. The van der Waals surface area contributed by atoms with Gasteiger partial charge in [0, 0.05) is 23.8 Å². The second kappa shape index (κ2) is 8.09. The fourth-order valence-electron chi connectivity index (χ4n) is 2.17. The van der Waals surface area contributed by atoms with E-state index in [0.717, 1.165) is 16.1 Å². The number of rotatable bonds is 5. The van der Waals surface area contributed by atoms with Crippen molar-refractivity contribution in [1.82, 2.24) is 10.2 Å². The number of nitrogens with one attached hydrogen (secondary N) is 2. The minimum absolute atomic E-state index is 0.355. The van der Waals surface area contributed by atoms with E-state index in [9.17, 15) is 4.79 Å². The largest absolute Gasteiger partial charge is 0.345 e. The van der Waals surface area contributed by atoms with Crippen molar-refractivity contribution in [2.45, 2.75) is 6.54 Å². The number of hydrogen-bond acceptors (Lipinski definition) is 5. The lowest BCUT2D eigenvalue weighted by atomic mass is 10.2. The van der Waals surface area contributed by atoms with E-state index in [0.29, 0.717) is 10.8 Å². The average molecular weight is 418 g/mol. The van der Waals surface area contributed by atoms with Crippen LogP contribution in [0.2, 0.25) is 0 Å². The van der Waals surface area contributed by atoms with Crippen molar-refractivity contribution >= 4 is 49.2 Å². The second-order valence-corrected chi connectivity index (χ2v) is 7.19. The van der Waals surface area contributed by atoms with Crippen LogP contribution in [0.15, 0.2) is 59.1 Å². The van der Waals surface area contributed by atoms with Crippen LogP contribution in [-0.2, 0) is 6.54 Å². The van der Waals surface area contributed by atoms with Gasteiger partial charge >= 0.3 is 6.03 Å². The summed E-state index contributed by atoms with van der Waals surface area (Å²) in [5.74, 6) is 0. The number of halogens is 1. The molecule has 2 amide bonds. The summed E-state index contributed by atoms with van der Waals surface area (Å²) in [4.78, 5) is 14.0.